The molecule has 3 amide bonds. The van der Waals surface area contributed by atoms with Crippen molar-refractivity contribution in [2.45, 2.75) is 27.7 Å². The highest BCUT2D eigenvalue weighted by atomic mass is 16.5. The number of carbonyl (C=O) groups excluding carboxylic acids is 3. The van der Waals surface area contributed by atoms with Gasteiger partial charge in [-0.2, -0.15) is 0 Å². The van der Waals surface area contributed by atoms with E-state index in [1.165, 1.54) is 0 Å². The van der Waals surface area contributed by atoms with E-state index >= 15 is 0 Å². The molecule has 0 aliphatic heterocycles. The van der Waals surface area contributed by atoms with Crippen LogP contribution >= 0.6 is 0 Å². The summed E-state index contributed by atoms with van der Waals surface area (Å²) < 4.78 is 5.61. The topological polar surface area (TPSA) is 96.5 Å². The molecule has 0 radical (unpaired) electrons. The van der Waals surface area contributed by atoms with Gasteiger partial charge in [-0.15, -0.1) is 0 Å². The van der Waals surface area contributed by atoms with E-state index in [4.69, 9.17) is 4.74 Å². The Kier molecular flexibility index (Phi) is 7.77. The first-order valence-corrected chi connectivity index (χ1v) is 9.50. The molecule has 7 nitrogen and oxygen atoms in total. The van der Waals surface area contributed by atoms with Crippen molar-refractivity contribution in [3.05, 3.63) is 59.7 Å². The molecule has 0 heterocycles. The second-order valence-corrected chi connectivity index (χ2v) is 7.36. The first-order chi connectivity index (χ1) is 13.8. The molecular formula is C22H27N3O4. The van der Waals surface area contributed by atoms with Gasteiger partial charge in [-0.3, -0.25) is 25.2 Å². The number of hydrogen-bond acceptors (Lipinski definition) is 4. The predicted molar refractivity (Wildman–Crippen MR) is 112 cm³/mol. The highest BCUT2D eigenvalue weighted by Crippen LogP contribution is 2.14. The second-order valence-electron chi connectivity index (χ2n) is 7.36. The summed E-state index contributed by atoms with van der Waals surface area (Å²) in [7, 11) is 0. The quantitative estimate of drug-likeness (QED) is 0.624. The van der Waals surface area contributed by atoms with Gasteiger partial charge >= 0.3 is 0 Å². The smallest absolute Gasteiger partial charge is 0.269 e. The van der Waals surface area contributed by atoms with Crippen LogP contribution < -0.4 is 20.9 Å². The zero-order valence-corrected chi connectivity index (χ0v) is 17.1. The van der Waals surface area contributed by atoms with E-state index in [-0.39, 0.29) is 11.8 Å². The number of hydrogen-bond donors (Lipinski definition) is 3. The lowest BCUT2D eigenvalue weighted by Gasteiger charge is -2.11. The van der Waals surface area contributed by atoms with Crippen LogP contribution in [0.25, 0.3) is 0 Å². The molecule has 0 aliphatic carbocycles. The molecule has 0 aliphatic rings. The molecule has 2 rings (SSSR count). The fraction of sp³-hybridized carbons (Fsp3) is 0.318. The Hall–Kier alpha value is -3.35. The molecule has 2 aromatic carbocycles. The van der Waals surface area contributed by atoms with Gasteiger partial charge in [0.15, 0.2) is 0 Å². The van der Waals surface area contributed by atoms with Crippen LogP contribution in [0.5, 0.6) is 5.75 Å². The second kappa shape index (κ2) is 10.3. The average molecular weight is 397 g/mol. The van der Waals surface area contributed by atoms with Crippen molar-refractivity contribution in [1.29, 1.82) is 0 Å². The van der Waals surface area contributed by atoms with Crippen molar-refractivity contribution >= 4 is 23.4 Å². The molecule has 3 N–H and O–H groups in total. The number of benzene rings is 2. The number of hydrazine groups is 1. The van der Waals surface area contributed by atoms with Crippen molar-refractivity contribution in [2.75, 3.05) is 11.9 Å². The minimum absolute atomic E-state index is 0.103. The van der Waals surface area contributed by atoms with Crippen molar-refractivity contribution in [3.63, 3.8) is 0 Å². The monoisotopic (exact) mass is 397 g/mol. The number of anilines is 1. The van der Waals surface area contributed by atoms with Gasteiger partial charge in [-0.25, -0.2) is 0 Å². The van der Waals surface area contributed by atoms with Crippen LogP contribution in [0.3, 0.4) is 0 Å². The van der Waals surface area contributed by atoms with Crippen molar-refractivity contribution in [1.82, 2.24) is 10.9 Å². The molecule has 0 aromatic heterocycles. The molecule has 0 saturated heterocycles. The van der Waals surface area contributed by atoms with Crippen LogP contribution in [-0.2, 0) is 4.79 Å². The largest absolute Gasteiger partial charge is 0.493 e. The lowest BCUT2D eigenvalue weighted by atomic mass is 10.1. The first kappa shape index (κ1) is 21.9. The lowest BCUT2D eigenvalue weighted by Crippen LogP contribution is -2.41. The Morgan fingerprint density at radius 2 is 1.48 bits per heavy atom. The van der Waals surface area contributed by atoms with E-state index in [1.807, 2.05) is 13.8 Å². The van der Waals surface area contributed by atoms with E-state index < -0.39 is 11.8 Å². The summed E-state index contributed by atoms with van der Waals surface area (Å²) in [5, 5.41) is 2.75. The summed E-state index contributed by atoms with van der Waals surface area (Å²) in [6.45, 7) is 8.22. The minimum atomic E-state index is -0.465. The van der Waals surface area contributed by atoms with Crippen molar-refractivity contribution < 1.29 is 19.1 Å². The third kappa shape index (κ3) is 6.95. The standard InChI is InChI=1S/C22H27N3O4/c1-14(2)13-29-19-7-5-6-17(12-19)22(28)25-24-21(27)16-8-10-18(11-9-16)23-20(26)15(3)4/h5-12,14-15H,13H2,1-4H3,(H,23,26)(H,24,27)(H,25,28). The van der Waals surface area contributed by atoms with Gasteiger partial charge in [0, 0.05) is 22.7 Å². The summed E-state index contributed by atoms with van der Waals surface area (Å²) in [6, 6.07) is 13.1. The fourth-order valence-electron chi connectivity index (χ4n) is 2.24. The van der Waals surface area contributed by atoms with E-state index in [0.717, 1.165) is 0 Å². The Bertz CT molecular complexity index is 861. The Morgan fingerprint density at radius 3 is 2.07 bits per heavy atom. The van der Waals surface area contributed by atoms with E-state index in [0.29, 0.717) is 35.1 Å². The van der Waals surface area contributed by atoms with Crippen LogP contribution in [0.15, 0.2) is 48.5 Å². The maximum atomic E-state index is 12.3. The summed E-state index contributed by atoms with van der Waals surface area (Å²) in [6.07, 6.45) is 0. The predicted octanol–water partition coefficient (Wildman–Crippen LogP) is 3.39. The number of carbonyl (C=O) groups is 3. The third-order valence-electron chi connectivity index (χ3n) is 3.91. The van der Waals surface area contributed by atoms with Gasteiger partial charge < -0.3 is 10.1 Å². The van der Waals surface area contributed by atoms with Crippen LogP contribution in [0.1, 0.15) is 48.4 Å². The van der Waals surface area contributed by atoms with E-state index in [1.54, 1.807) is 62.4 Å². The number of rotatable bonds is 7. The van der Waals surface area contributed by atoms with Gasteiger partial charge in [0.05, 0.1) is 6.61 Å². The molecule has 2 aromatic rings. The third-order valence-corrected chi connectivity index (χ3v) is 3.91. The molecule has 0 saturated carbocycles. The molecule has 0 unspecified atom stereocenters. The van der Waals surface area contributed by atoms with Gasteiger partial charge in [0.25, 0.3) is 11.8 Å². The molecule has 0 atom stereocenters. The van der Waals surface area contributed by atoms with E-state index in [2.05, 4.69) is 16.2 Å². The van der Waals surface area contributed by atoms with Gasteiger partial charge in [0.1, 0.15) is 5.75 Å². The molecule has 7 heteroatoms. The Morgan fingerprint density at radius 1 is 0.862 bits per heavy atom. The molecule has 0 fully saturated rings. The normalized spacial score (nSPS) is 10.6. The number of nitrogens with one attached hydrogen (secondary N) is 3. The summed E-state index contributed by atoms with van der Waals surface area (Å²) in [5.41, 5.74) is 6.09. The lowest BCUT2D eigenvalue weighted by molar-refractivity contribution is -0.118. The van der Waals surface area contributed by atoms with Crippen LogP contribution in [-0.4, -0.2) is 24.3 Å². The summed E-state index contributed by atoms with van der Waals surface area (Å²) in [4.78, 5) is 36.2. The maximum Gasteiger partial charge on any atom is 0.269 e. The average Bonchev–Trinajstić information content (AvgIpc) is 2.70. The van der Waals surface area contributed by atoms with Crippen LogP contribution in [0.4, 0.5) is 5.69 Å². The van der Waals surface area contributed by atoms with Crippen molar-refractivity contribution in [2.24, 2.45) is 11.8 Å². The molecular weight excluding hydrogens is 370 g/mol. The molecule has 0 bridgehead atoms. The fourth-order valence-corrected chi connectivity index (χ4v) is 2.24. The first-order valence-electron chi connectivity index (χ1n) is 9.50. The zero-order chi connectivity index (χ0) is 21.4. The maximum absolute atomic E-state index is 12.3. The summed E-state index contributed by atoms with van der Waals surface area (Å²) in [5.74, 6) is -0.188. The Balaban J connectivity index is 1.90. The minimum Gasteiger partial charge on any atom is -0.493 e. The van der Waals surface area contributed by atoms with Gasteiger partial charge in [-0.1, -0.05) is 33.8 Å². The Labute approximate surface area is 170 Å². The molecule has 154 valence electrons. The molecule has 0 spiro atoms. The van der Waals surface area contributed by atoms with Crippen molar-refractivity contribution in [3.8, 4) is 5.75 Å². The summed E-state index contributed by atoms with van der Waals surface area (Å²) >= 11 is 0. The molecule has 29 heavy (non-hydrogen) atoms. The van der Waals surface area contributed by atoms with Crippen LogP contribution in [0, 0.1) is 11.8 Å². The van der Waals surface area contributed by atoms with E-state index in [9.17, 15) is 14.4 Å². The zero-order valence-electron chi connectivity index (χ0n) is 17.1. The number of amides is 3. The highest BCUT2D eigenvalue weighted by molar-refractivity contribution is 5.99. The highest BCUT2D eigenvalue weighted by Gasteiger charge is 2.11. The van der Waals surface area contributed by atoms with Crippen LogP contribution in [0.2, 0.25) is 0 Å². The van der Waals surface area contributed by atoms with Gasteiger partial charge in [0.2, 0.25) is 5.91 Å². The van der Waals surface area contributed by atoms with Gasteiger partial charge in [-0.05, 0) is 48.4 Å². The SMILES string of the molecule is CC(C)COc1cccc(C(=O)NNC(=O)c2ccc(NC(=O)C(C)C)cc2)c1. The number of ether oxygens (including phenoxy) is 1.